The van der Waals surface area contributed by atoms with Crippen LogP contribution in [0.25, 0.3) is 0 Å². The molecule has 1 fully saturated rings. The molecule has 0 spiro atoms. The van der Waals surface area contributed by atoms with Crippen molar-refractivity contribution in [3.05, 3.63) is 30.3 Å². The van der Waals surface area contributed by atoms with Gasteiger partial charge < -0.3 is 14.9 Å². The third-order valence-corrected chi connectivity index (χ3v) is 8.80. The summed E-state index contributed by atoms with van der Waals surface area (Å²) < 4.78 is 5.99. The third kappa shape index (κ3) is 1.93. The van der Waals surface area contributed by atoms with Gasteiger partial charge in [0.05, 0.1) is 18.8 Å². The van der Waals surface area contributed by atoms with Crippen molar-refractivity contribution in [3.63, 3.8) is 0 Å². The topological polar surface area (TPSA) is 49.7 Å². The summed E-state index contributed by atoms with van der Waals surface area (Å²) >= 11 is 0. The largest absolute Gasteiger partial charge is 0.394 e. The maximum atomic E-state index is 10.4. The molecule has 0 saturated carbocycles. The first kappa shape index (κ1) is 13.7. The number of rotatable bonds is 3. The van der Waals surface area contributed by atoms with Crippen molar-refractivity contribution in [2.24, 2.45) is 0 Å². The Bertz CT molecular complexity index is 407. The zero-order valence-electron chi connectivity index (χ0n) is 11.3. The quantitative estimate of drug-likeness (QED) is 0.804. The van der Waals surface area contributed by atoms with E-state index in [-0.39, 0.29) is 12.7 Å². The third-order valence-electron chi connectivity index (χ3n) is 4.29. The molecule has 2 rings (SSSR count). The van der Waals surface area contributed by atoms with Gasteiger partial charge in [0.1, 0.15) is 13.3 Å². The second-order valence-corrected chi connectivity index (χ2v) is 10.4. The highest BCUT2D eigenvalue weighted by atomic mass is 28.3. The van der Waals surface area contributed by atoms with Crippen LogP contribution < -0.4 is 5.19 Å². The molecule has 1 aliphatic rings. The van der Waals surface area contributed by atoms with Crippen molar-refractivity contribution in [1.29, 1.82) is 0 Å². The molecular weight excluding hydrogens is 244 g/mol. The Labute approximate surface area is 109 Å². The molecule has 1 saturated heterocycles. The van der Waals surface area contributed by atoms with Crippen molar-refractivity contribution in [1.82, 2.24) is 0 Å². The van der Waals surface area contributed by atoms with Crippen molar-refractivity contribution in [3.8, 4) is 0 Å². The highest BCUT2D eigenvalue weighted by Crippen LogP contribution is 2.37. The van der Waals surface area contributed by atoms with Gasteiger partial charge in [0.25, 0.3) is 0 Å². The Hall–Kier alpha value is -0.683. The number of ether oxygens (including phenoxy) is 1. The first-order valence-electron chi connectivity index (χ1n) is 6.46. The molecule has 0 aromatic heterocycles. The normalized spacial score (nSPS) is 32.7. The molecular formula is C14H22O3Si. The fourth-order valence-corrected chi connectivity index (χ4v) is 6.35. The highest BCUT2D eigenvalue weighted by Gasteiger charge is 2.57. The van der Waals surface area contributed by atoms with E-state index in [1.807, 2.05) is 25.1 Å². The van der Waals surface area contributed by atoms with Crippen LogP contribution in [0.2, 0.25) is 13.1 Å². The second kappa shape index (κ2) is 4.77. The van der Waals surface area contributed by atoms with Gasteiger partial charge in [-0.1, -0.05) is 48.6 Å². The molecule has 100 valence electrons. The molecule has 1 aliphatic heterocycles. The Balaban J connectivity index is 2.44. The van der Waals surface area contributed by atoms with Gasteiger partial charge >= 0.3 is 0 Å². The zero-order chi connectivity index (χ0) is 13.4. The lowest BCUT2D eigenvalue weighted by Gasteiger charge is -2.43. The van der Waals surface area contributed by atoms with Gasteiger partial charge in [-0.25, -0.2) is 0 Å². The van der Waals surface area contributed by atoms with Crippen LogP contribution in [0.5, 0.6) is 0 Å². The number of aliphatic hydroxyl groups excluding tert-OH is 2. The van der Waals surface area contributed by atoms with Crippen LogP contribution in [0, 0.1) is 0 Å². The lowest BCUT2D eigenvalue weighted by Crippen LogP contribution is -2.68. The van der Waals surface area contributed by atoms with E-state index in [9.17, 15) is 10.2 Å². The zero-order valence-corrected chi connectivity index (χ0v) is 12.3. The summed E-state index contributed by atoms with van der Waals surface area (Å²) in [5.41, 5.74) is 0. The van der Waals surface area contributed by atoms with Gasteiger partial charge in [0.15, 0.2) is 0 Å². The van der Waals surface area contributed by atoms with Gasteiger partial charge in [-0.15, -0.1) is 0 Å². The minimum absolute atomic E-state index is 0.00244. The fourth-order valence-electron chi connectivity index (χ4n) is 2.99. The fraction of sp³-hybridized carbons (Fsp3) is 0.571. The summed E-state index contributed by atoms with van der Waals surface area (Å²) in [6.45, 7) is 6.14. The van der Waals surface area contributed by atoms with Gasteiger partial charge in [0, 0.05) is 6.42 Å². The predicted molar refractivity (Wildman–Crippen MR) is 74.5 cm³/mol. The van der Waals surface area contributed by atoms with Crippen molar-refractivity contribution in [2.75, 3.05) is 6.61 Å². The molecule has 0 amide bonds. The maximum Gasteiger partial charge on any atom is 0.123 e. The van der Waals surface area contributed by atoms with E-state index in [1.54, 1.807) is 0 Å². The van der Waals surface area contributed by atoms with E-state index in [1.165, 1.54) is 5.19 Å². The van der Waals surface area contributed by atoms with E-state index < -0.39 is 19.4 Å². The Morgan fingerprint density at radius 1 is 1.33 bits per heavy atom. The van der Waals surface area contributed by atoms with Crippen LogP contribution in [-0.4, -0.2) is 42.3 Å². The lowest BCUT2D eigenvalue weighted by atomic mass is 10.1. The van der Waals surface area contributed by atoms with Gasteiger partial charge in [-0.05, 0) is 6.92 Å². The molecule has 0 radical (unpaired) electrons. The smallest absolute Gasteiger partial charge is 0.123 e. The summed E-state index contributed by atoms with van der Waals surface area (Å²) in [7, 11) is -2.12. The number of benzene rings is 1. The number of hydrogen-bond acceptors (Lipinski definition) is 3. The molecule has 2 N–H and O–H groups in total. The SMILES string of the molecule is C[C@H]1C[C@@H](O)[C@](CO)([Si](C)(C)c2ccccc2)O1. The van der Waals surface area contributed by atoms with Crippen LogP contribution in [0.1, 0.15) is 13.3 Å². The predicted octanol–water partition coefficient (Wildman–Crippen LogP) is 1.04. The van der Waals surface area contributed by atoms with Crippen LogP contribution in [0.15, 0.2) is 30.3 Å². The first-order chi connectivity index (χ1) is 8.44. The summed E-state index contributed by atoms with van der Waals surface area (Å²) in [6, 6.07) is 10.1. The molecule has 18 heavy (non-hydrogen) atoms. The average Bonchev–Trinajstić information content (AvgIpc) is 2.66. The maximum absolute atomic E-state index is 10.4. The molecule has 0 aliphatic carbocycles. The average molecular weight is 266 g/mol. The van der Waals surface area contributed by atoms with Crippen molar-refractivity contribution >= 4 is 13.3 Å². The molecule has 1 heterocycles. The highest BCUT2D eigenvalue weighted by molar-refractivity contribution is 6.92. The monoisotopic (exact) mass is 266 g/mol. The van der Waals surface area contributed by atoms with E-state index in [0.717, 1.165) is 0 Å². The summed E-state index contributed by atoms with van der Waals surface area (Å²) in [5.74, 6) is 0. The number of aliphatic hydroxyl groups is 2. The Morgan fingerprint density at radius 3 is 2.39 bits per heavy atom. The molecule has 0 unspecified atom stereocenters. The number of hydrogen-bond donors (Lipinski definition) is 2. The second-order valence-electron chi connectivity index (χ2n) is 5.72. The lowest BCUT2D eigenvalue weighted by molar-refractivity contribution is -0.0566. The summed E-state index contributed by atoms with van der Waals surface area (Å²) in [6.07, 6.45) is 0.0195. The first-order valence-corrected chi connectivity index (χ1v) is 9.46. The summed E-state index contributed by atoms with van der Waals surface area (Å²) in [4.78, 5) is 0. The van der Waals surface area contributed by atoms with Crippen molar-refractivity contribution < 1.29 is 14.9 Å². The molecule has 1 aromatic carbocycles. The molecule has 1 aromatic rings. The van der Waals surface area contributed by atoms with Crippen molar-refractivity contribution in [2.45, 2.75) is 43.9 Å². The van der Waals surface area contributed by atoms with Gasteiger partial charge in [0.2, 0.25) is 0 Å². The van der Waals surface area contributed by atoms with Crippen LogP contribution in [0.3, 0.4) is 0 Å². The standard InChI is InChI=1S/C14H22O3Si/c1-11-9-13(16)14(10-15,17-11)18(2,3)12-7-5-4-6-8-12/h4-8,11,13,15-16H,9-10H2,1-3H3/t11-,13+,14-/m0/s1. The summed E-state index contributed by atoms with van der Waals surface area (Å²) in [5, 5.41) is 20.6. The van der Waals surface area contributed by atoms with Gasteiger partial charge in [-0.2, -0.15) is 0 Å². The Morgan fingerprint density at radius 2 is 1.94 bits per heavy atom. The molecule has 4 heteroatoms. The van der Waals surface area contributed by atoms with E-state index >= 15 is 0 Å². The van der Waals surface area contributed by atoms with Crippen LogP contribution >= 0.6 is 0 Å². The van der Waals surface area contributed by atoms with E-state index in [2.05, 4.69) is 25.2 Å². The minimum atomic E-state index is -2.12. The van der Waals surface area contributed by atoms with Gasteiger partial charge in [-0.3, -0.25) is 0 Å². The minimum Gasteiger partial charge on any atom is -0.394 e. The Kier molecular flexibility index (Phi) is 3.64. The van der Waals surface area contributed by atoms with Crippen LogP contribution in [-0.2, 0) is 4.74 Å². The van der Waals surface area contributed by atoms with Crippen LogP contribution in [0.4, 0.5) is 0 Å². The van der Waals surface area contributed by atoms with E-state index in [0.29, 0.717) is 6.42 Å². The molecule has 3 nitrogen and oxygen atoms in total. The molecule has 0 bridgehead atoms. The van der Waals surface area contributed by atoms with E-state index in [4.69, 9.17) is 4.74 Å². The molecule has 3 atom stereocenters.